The summed E-state index contributed by atoms with van der Waals surface area (Å²) in [5.74, 6) is 0.660. The van der Waals surface area contributed by atoms with Crippen molar-refractivity contribution in [3.05, 3.63) is 0 Å². The molecule has 0 saturated heterocycles. The van der Waals surface area contributed by atoms with E-state index < -0.39 is 0 Å². The van der Waals surface area contributed by atoms with E-state index in [2.05, 4.69) is 31.3 Å². The molecule has 1 saturated carbocycles. The molecule has 1 aliphatic rings. The molecule has 0 heterocycles. The summed E-state index contributed by atoms with van der Waals surface area (Å²) in [5.41, 5.74) is 4.61. The van der Waals surface area contributed by atoms with Crippen molar-refractivity contribution in [1.82, 2.24) is 5.43 Å². The second-order valence-electron chi connectivity index (χ2n) is 4.40. The van der Waals surface area contributed by atoms with E-state index in [1.165, 1.54) is 37.8 Å². The number of rotatable bonds is 3. The molecule has 1 unspecified atom stereocenters. The maximum Gasteiger partial charge on any atom is 0.0434 e. The highest BCUT2D eigenvalue weighted by molar-refractivity contribution is 5.84. The van der Waals surface area contributed by atoms with Crippen molar-refractivity contribution < 1.29 is 0 Å². The Labute approximate surface area is 81.8 Å². The molecule has 0 spiro atoms. The van der Waals surface area contributed by atoms with Crippen LogP contribution in [0.3, 0.4) is 0 Å². The maximum absolute atomic E-state index is 4.47. The second-order valence-corrected chi connectivity index (χ2v) is 4.40. The van der Waals surface area contributed by atoms with Gasteiger partial charge in [0.1, 0.15) is 0 Å². The molecule has 2 heteroatoms. The largest absolute Gasteiger partial charge is 0.307 e. The summed E-state index contributed by atoms with van der Waals surface area (Å²) in [7, 11) is 0. The Balaban J connectivity index is 2.29. The van der Waals surface area contributed by atoms with Gasteiger partial charge in [-0.2, -0.15) is 5.10 Å². The van der Waals surface area contributed by atoms with Gasteiger partial charge in [-0.25, -0.2) is 0 Å². The third-order valence-corrected chi connectivity index (χ3v) is 2.86. The van der Waals surface area contributed by atoms with Crippen LogP contribution >= 0.6 is 0 Å². The molecule has 2 nitrogen and oxygen atoms in total. The predicted molar refractivity (Wildman–Crippen MR) is 58.0 cm³/mol. The first-order valence-corrected chi connectivity index (χ1v) is 5.51. The zero-order valence-electron chi connectivity index (χ0n) is 9.14. The Morgan fingerprint density at radius 3 is 2.23 bits per heavy atom. The van der Waals surface area contributed by atoms with Crippen molar-refractivity contribution in [2.75, 3.05) is 0 Å². The average molecular weight is 182 g/mol. The normalized spacial score (nSPS) is 20.2. The number of hydrogen-bond acceptors (Lipinski definition) is 2. The standard InChI is InChI=1S/C11H22N2/c1-9(2)10(3)12-13-11-7-5-4-6-8-11/h9-10,12H,4-8H2,1-3H3. The molecule has 1 fully saturated rings. The van der Waals surface area contributed by atoms with Gasteiger partial charge in [-0.3, -0.25) is 0 Å². The van der Waals surface area contributed by atoms with E-state index >= 15 is 0 Å². The molecule has 1 atom stereocenters. The van der Waals surface area contributed by atoms with Gasteiger partial charge in [0.2, 0.25) is 0 Å². The Bertz CT molecular complexity index is 165. The van der Waals surface area contributed by atoms with Crippen molar-refractivity contribution in [3.8, 4) is 0 Å². The van der Waals surface area contributed by atoms with Gasteiger partial charge in [-0.15, -0.1) is 0 Å². The van der Waals surface area contributed by atoms with E-state index in [1.54, 1.807) is 0 Å². The maximum atomic E-state index is 4.47. The Kier molecular flexibility index (Phi) is 4.26. The summed E-state index contributed by atoms with van der Waals surface area (Å²) >= 11 is 0. The summed E-state index contributed by atoms with van der Waals surface area (Å²) in [6.45, 7) is 6.63. The molecule has 0 aromatic carbocycles. The van der Waals surface area contributed by atoms with Gasteiger partial charge in [0, 0.05) is 11.8 Å². The van der Waals surface area contributed by atoms with E-state index in [1.807, 2.05) is 0 Å². The summed E-state index contributed by atoms with van der Waals surface area (Å²) in [6, 6.07) is 0.495. The lowest BCUT2D eigenvalue weighted by molar-refractivity contribution is 0.436. The SMILES string of the molecule is CC(C)C(C)NN=C1CCCCC1. The molecule has 0 aromatic heterocycles. The molecule has 1 N–H and O–H groups in total. The van der Waals surface area contributed by atoms with Gasteiger partial charge < -0.3 is 5.43 Å². The zero-order valence-corrected chi connectivity index (χ0v) is 9.14. The van der Waals surface area contributed by atoms with E-state index in [4.69, 9.17) is 0 Å². The zero-order chi connectivity index (χ0) is 9.68. The molecule has 0 amide bonds. The van der Waals surface area contributed by atoms with E-state index in [-0.39, 0.29) is 0 Å². The first-order chi connectivity index (χ1) is 6.20. The van der Waals surface area contributed by atoms with Crippen LogP contribution in [0.2, 0.25) is 0 Å². The second kappa shape index (κ2) is 5.25. The molecule has 13 heavy (non-hydrogen) atoms. The van der Waals surface area contributed by atoms with E-state index in [0.717, 1.165) is 0 Å². The van der Waals surface area contributed by atoms with Crippen LogP contribution in [-0.4, -0.2) is 11.8 Å². The van der Waals surface area contributed by atoms with Gasteiger partial charge in [-0.1, -0.05) is 20.3 Å². The summed E-state index contributed by atoms with van der Waals surface area (Å²) in [4.78, 5) is 0. The van der Waals surface area contributed by atoms with Gasteiger partial charge in [0.15, 0.2) is 0 Å². The molecule has 0 radical (unpaired) electrons. The third-order valence-electron chi connectivity index (χ3n) is 2.86. The predicted octanol–water partition coefficient (Wildman–Crippen LogP) is 2.94. The minimum Gasteiger partial charge on any atom is -0.307 e. The van der Waals surface area contributed by atoms with Gasteiger partial charge in [-0.05, 0) is 38.5 Å². The fraction of sp³-hybridized carbons (Fsp3) is 0.909. The molecular formula is C11H22N2. The monoisotopic (exact) mass is 182 g/mol. The summed E-state index contributed by atoms with van der Waals surface area (Å²) < 4.78 is 0. The molecular weight excluding hydrogens is 160 g/mol. The highest BCUT2D eigenvalue weighted by Crippen LogP contribution is 2.14. The van der Waals surface area contributed by atoms with Crippen LogP contribution in [0, 0.1) is 5.92 Å². The topological polar surface area (TPSA) is 24.4 Å². The van der Waals surface area contributed by atoms with Crippen molar-refractivity contribution >= 4 is 5.71 Å². The number of nitrogens with zero attached hydrogens (tertiary/aromatic N) is 1. The number of hydrazone groups is 1. The van der Waals surface area contributed by atoms with Gasteiger partial charge in [0.05, 0.1) is 0 Å². The van der Waals surface area contributed by atoms with Crippen molar-refractivity contribution in [2.24, 2.45) is 11.0 Å². The lowest BCUT2D eigenvalue weighted by Crippen LogP contribution is -2.27. The molecule has 0 aliphatic heterocycles. The first-order valence-electron chi connectivity index (χ1n) is 5.51. The minimum absolute atomic E-state index is 0.495. The fourth-order valence-corrected chi connectivity index (χ4v) is 1.41. The molecule has 1 rings (SSSR count). The Morgan fingerprint density at radius 1 is 1.08 bits per heavy atom. The first kappa shape index (κ1) is 10.6. The highest BCUT2D eigenvalue weighted by Gasteiger charge is 2.08. The van der Waals surface area contributed by atoms with Gasteiger partial charge in [0.25, 0.3) is 0 Å². The van der Waals surface area contributed by atoms with E-state index in [0.29, 0.717) is 12.0 Å². The van der Waals surface area contributed by atoms with Crippen molar-refractivity contribution in [1.29, 1.82) is 0 Å². The summed E-state index contributed by atoms with van der Waals surface area (Å²) in [6.07, 6.45) is 6.46. The lowest BCUT2D eigenvalue weighted by atomic mass is 9.99. The van der Waals surface area contributed by atoms with Crippen LogP contribution in [0.4, 0.5) is 0 Å². The number of nitrogens with one attached hydrogen (secondary N) is 1. The molecule has 0 bridgehead atoms. The van der Waals surface area contributed by atoms with Crippen LogP contribution < -0.4 is 5.43 Å². The quantitative estimate of drug-likeness (QED) is 0.667. The molecule has 0 aromatic rings. The molecule has 76 valence electrons. The fourth-order valence-electron chi connectivity index (χ4n) is 1.41. The van der Waals surface area contributed by atoms with Crippen molar-refractivity contribution in [3.63, 3.8) is 0 Å². The average Bonchev–Trinajstić information content (AvgIpc) is 2.15. The van der Waals surface area contributed by atoms with Crippen LogP contribution in [0.1, 0.15) is 52.9 Å². The minimum atomic E-state index is 0.495. The van der Waals surface area contributed by atoms with Crippen LogP contribution in [0.25, 0.3) is 0 Å². The highest BCUT2D eigenvalue weighted by atomic mass is 15.3. The van der Waals surface area contributed by atoms with Crippen LogP contribution in [0.5, 0.6) is 0 Å². The van der Waals surface area contributed by atoms with Crippen LogP contribution in [0.15, 0.2) is 5.10 Å². The Hall–Kier alpha value is -0.530. The van der Waals surface area contributed by atoms with Crippen molar-refractivity contribution in [2.45, 2.75) is 58.9 Å². The third kappa shape index (κ3) is 3.79. The van der Waals surface area contributed by atoms with Gasteiger partial charge >= 0.3 is 0 Å². The summed E-state index contributed by atoms with van der Waals surface area (Å²) in [5, 5.41) is 4.47. The van der Waals surface area contributed by atoms with Crippen LogP contribution in [-0.2, 0) is 0 Å². The van der Waals surface area contributed by atoms with E-state index in [9.17, 15) is 0 Å². The number of hydrogen-bond donors (Lipinski definition) is 1. The smallest absolute Gasteiger partial charge is 0.0434 e. The molecule has 1 aliphatic carbocycles. The lowest BCUT2D eigenvalue weighted by Gasteiger charge is -2.18. The Morgan fingerprint density at radius 2 is 1.69 bits per heavy atom.